The molecule has 2 rings (SSSR count). The van der Waals surface area contributed by atoms with E-state index in [-0.39, 0.29) is 17.6 Å². The highest BCUT2D eigenvalue weighted by Crippen LogP contribution is 2.34. The largest absolute Gasteiger partial charge is 0.508 e. The number of aromatic nitrogens is 2. The monoisotopic (exact) mass is 318 g/mol. The van der Waals surface area contributed by atoms with Gasteiger partial charge in [0.2, 0.25) is 5.88 Å². The summed E-state index contributed by atoms with van der Waals surface area (Å²) in [5.41, 5.74) is 2.11. The number of ether oxygens (including phenoxy) is 1. The third-order valence-corrected chi connectivity index (χ3v) is 3.52. The molecule has 0 aliphatic heterocycles. The number of hydrogen-bond donors (Lipinski definition) is 2. The molecule has 2 aromatic rings. The molecule has 0 radical (unpaired) electrons. The topological polar surface area (TPSA) is 84.6 Å². The fourth-order valence-electron chi connectivity index (χ4n) is 2.47. The number of aromatic hydroxyl groups is 1. The van der Waals surface area contributed by atoms with Crippen LogP contribution in [-0.2, 0) is 16.6 Å². The maximum absolute atomic E-state index is 11.0. The van der Waals surface area contributed by atoms with E-state index in [1.54, 1.807) is 36.1 Å². The Kier molecular flexibility index (Phi) is 4.63. The summed E-state index contributed by atoms with van der Waals surface area (Å²) in [5.74, 6) is -0.159. The van der Waals surface area contributed by atoms with Crippen LogP contribution in [-0.4, -0.2) is 33.1 Å². The number of methoxy groups -OCH3 is 1. The van der Waals surface area contributed by atoms with Crippen molar-refractivity contribution in [3.05, 3.63) is 35.5 Å². The summed E-state index contributed by atoms with van der Waals surface area (Å²) in [6.07, 6.45) is 0.365. The lowest BCUT2D eigenvalue weighted by Gasteiger charge is -2.17. The maximum atomic E-state index is 11.0. The van der Waals surface area contributed by atoms with Crippen LogP contribution in [0.15, 0.2) is 24.3 Å². The molecule has 1 aromatic heterocycles. The third-order valence-electron chi connectivity index (χ3n) is 3.52. The standard InChI is InChI=1S/C17H22N2O4/c1-17(2,3)15-13(9-10-14(21)22)16(23-4)19(18-15)11-5-7-12(20)8-6-11/h5-8,20H,9-10H2,1-4H3,(H,21,22). The first-order valence-electron chi connectivity index (χ1n) is 7.41. The number of hydrogen-bond acceptors (Lipinski definition) is 4. The van der Waals surface area contributed by atoms with Crippen LogP contribution in [0.3, 0.4) is 0 Å². The van der Waals surface area contributed by atoms with Gasteiger partial charge in [-0.2, -0.15) is 5.10 Å². The predicted octanol–water partition coefficient (Wildman–Crippen LogP) is 2.90. The van der Waals surface area contributed by atoms with Crippen molar-refractivity contribution in [3.63, 3.8) is 0 Å². The Morgan fingerprint density at radius 3 is 2.35 bits per heavy atom. The first-order chi connectivity index (χ1) is 10.7. The molecule has 0 unspecified atom stereocenters. The molecular formula is C17H22N2O4. The number of carbonyl (C=O) groups is 1. The second kappa shape index (κ2) is 6.32. The highest BCUT2D eigenvalue weighted by Gasteiger charge is 2.28. The molecule has 1 aromatic carbocycles. The summed E-state index contributed by atoms with van der Waals surface area (Å²) in [5, 5.41) is 23.1. The van der Waals surface area contributed by atoms with Crippen molar-refractivity contribution in [1.82, 2.24) is 9.78 Å². The van der Waals surface area contributed by atoms with Gasteiger partial charge in [0.05, 0.1) is 18.5 Å². The van der Waals surface area contributed by atoms with Crippen LogP contribution in [0.2, 0.25) is 0 Å². The van der Waals surface area contributed by atoms with E-state index in [9.17, 15) is 9.90 Å². The molecule has 0 saturated carbocycles. The van der Waals surface area contributed by atoms with E-state index in [2.05, 4.69) is 5.10 Å². The average molecular weight is 318 g/mol. The van der Waals surface area contributed by atoms with Crippen LogP contribution >= 0.6 is 0 Å². The number of phenols is 1. The summed E-state index contributed by atoms with van der Waals surface area (Å²) >= 11 is 0. The van der Waals surface area contributed by atoms with Crippen LogP contribution in [0.25, 0.3) is 5.69 Å². The quantitative estimate of drug-likeness (QED) is 0.885. The fourth-order valence-corrected chi connectivity index (χ4v) is 2.47. The van der Waals surface area contributed by atoms with Crippen LogP contribution in [0.5, 0.6) is 11.6 Å². The zero-order valence-electron chi connectivity index (χ0n) is 13.8. The van der Waals surface area contributed by atoms with Crippen molar-refractivity contribution in [2.24, 2.45) is 0 Å². The second-order valence-corrected chi connectivity index (χ2v) is 6.41. The summed E-state index contributed by atoms with van der Waals surface area (Å²) < 4.78 is 7.16. The van der Waals surface area contributed by atoms with Gasteiger partial charge in [0, 0.05) is 17.4 Å². The SMILES string of the molecule is COc1c(CCC(=O)O)c(C(C)(C)C)nn1-c1ccc(O)cc1. The number of carboxylic acid groups (broad SMARTS) is 1. The molecule has 0 bridgehead atoms. The van der Waals surface area contributed by atoms with E-state index >= 15 is 0 Å². The van der Waals surface area contributed by atoms with Gasteiger partial charge < -0.3 is 14.9 Å². The molecule has 0 fully saturated rings. The Morgan fingerprint density at radius 2 is 1.87 bits per heavy atom. The van der Waals surface area contributed by atoms with Gasteiger partial charge in [0.15, 0.2) is 0 Å². The zero-order valence-corrected chi connectivity index (χ0v) is 13.8. The van der Waals surface area contributed by atoms with Crippen molar-refractivity contribution in [2.75, 3.05) is 7.11 Å². The molecule has 23 heavy (non-hydrogen) atoms. The minimum absolute atomic E-state index is 0.0146. The van der Waals surface area contributed by atoms with E-state index in [4.69, 9.17) is 9.84 Å². The number of benzene rings is 1. The molecular weight excluding hydrogens is 296 g/mol. The molecule has 0 atom stereocenters. The van der Waals surface area contributed by atoms with Gasteiger partial charge in [-0.15, -0.1) is 0 Å². The fraction of sp³-hybridized carbons (Fsp3) is 0.412. The van der Waals surface area contributed by atoms with E-state index < -0.39 is 5.97 Å². The molecule has 6 nitrogen and oxygen atoms in total. The first-order valence-corrected chi connectivity index (χ1v) is 7.41. The summed E-state index contributed by atoms with van der Waals surface area (Å²) in [6.45, 7) is 6.08. The smallest absolute Gasteiger partial charge is 0.303 e. The molecule has 6 heteroatoms. The van der Waals surface area contributed by atoms with E-state index in [0.29, 0.717) is 12.3 Å². The lowest BCUT2D eigenvalue weighted by Crippen LogP contribution is -2.15. The van der Waals surface area contributed by atoms with Gasteiger partial charge in [0.1, 0.15) is 5.75 Å². The Bertz CT molecular complexity index is 697. The highest BCUT2D eigenvalue weighted by atomic mass is 16.5. The van der Waals surface area contributed by atoms with Crippen molar-refractivity contribution in [3.8, 4) is 17.3 Å². The molecule has 0 saturated heterocycles. The Labute approximate surface area is 135 Å². The number of aliphatic carboxylic acids is 1. The number of phenolic OH excluding ortho intramolecular Hbond substituents is 1. The molecule has 0 amide bonds. The first kappa shape index (κ1) is 16.9. The van der Waals surface area contributed by atoms with Crippen molar-refractivity contribution >= 4 is 5.97 Å². The second-order valence-electron chi connectivity index (χ2n) is 6.41. The van der Waals surface area contributed by atoms with Gasteiger partial charge in [-0.1, -0.05) is 20.8 Å². The Hall–Kier alpha value is -2.50. The number of carboxylic acids is 1. The van der Waals surface area contributed by atoms with Crippen LogP contribution < -0.4 is 4.74 Å². The van der Waals surface area contributed by atoms with E-state index in [0.717, 1.165) is 16.9 Å². The van der Waals surface area contributed by atoms with Crippen molar-refractivity contribution in [1.29, 1.82) is 0 Å². The number of rotatable bonds is 5. The molecule has 0 aliphatic carbocycles. The van der Waals surface area contributed by atoms with Gasteiger partial charge >= 0.3 is 5.97 Å². The lowest BCUT2D eigenvalue weighted by molar-refractivity contribution is -0.136. The van der Waals surface area contributed by atoms with Gasteiger partial charge in [-0.05, 0) is 30.7 Å². The Morgan fingerprint density at radius 1 is 1.26 bits per heavy atom. The van der Waals surface area contributed by atoms with Crippen molar-refractivity contribution < 1.29 is 19.7 Å². The number of nitrogens with zero attached hydrogens (tertiary/aromatic N) is 2. The van der Waals surface area contributed by atoms with Gasteiger partial charge in [0.25, 0.3) is 0 Å². The normalized spacial score (nSPS) is 11.5. The third kappa shape index (κ3) is 3.64. The molecule has 2 N–H and O–H groups in total. The zero-order chi connectivity index (χ0) is 17.2. The van der Waals surface area contributed by atoms with Gasteiger partial charge in [-0.3, -0.25) is 4.79 Å². The van der Waals surface area contributed by atoms with Crippen LogP contribution in [0.4, 0.5) is 0 Å². The van der Waals surface area contributed by atoms with E-state index in [1.165, 1.54) is 0 Å². The summed E-state index contributed by atoms with van der Waals surface area (Å²) in [7, 11) is 1.55. The minimum atomic E-state index is -0.857. The summed E-state index contributed by atoms with van der Waals surface area (Å²) in [6, 6.07) is 6.62. The molecule has 0 spiro atoms. The summed E-state index contributed by atoms with van der Waals surface area (Å²) in [4.78, 5) is 11.0. The lowest BCUT2D eigenvalue weighted by atomic mass is 9.88. The Balaban J connectivity index is 2.59. The van der Waals surface area contributed by atoms with E-state index in [1.807, 2.05) is 20.8 Å². The van der Waals surface area contributed by atoms with Gasteiger partial charge in [-0.25, -0.2) is 4.68 Å². The minimum Gasteiger partial charge on any atom is -0.508 e. The average Bonchev–Trinajstić information content (AvgIpc) is 2.84. The van der Waals surface area contributed by atoms with Crippen LogP contribution in [0.1, 0.15) is 38.4 Å². The molecule has 1 heterocycles. The molecule has 124 valence electrons. The highest BCUT2D eigenvalue weighted by molar-refractivity contribution is 5.67. The van der Waals surface area contributed by atoms with Crippen molar-refractivity contribution in [2.45, 2.75) is 39.0 Å². The maximum Gasteiger partial charge on any atom is 0.303 e. The predicted molar refractivity (Wildman–Crippen MR) is 86.4 cm³/mol. The molecule has 0 aliphatic rings. The van der Waals surface area contributed by atoms with Crippen LogP contribution in [0, 0.1) is 0 Å².